The minimum atomic E-state index is -3.97. The first-order valence-corrected chi connectivity index (χ1v) is 13.7. The number of amidine groups is 1. The molecule has 0 saturated heterocycles. The molecule has 12 heteroatoms. The van der Waals surface area contributed by atoms with E-state index in [-0.39, 0.29) is 9.77 Å². The van der Waals surface area contributed by atoms with Gasteiger partial charge in [0, 0.05) is 24.0 Å². The molecule has 0 aliphatic carbocycles. The van der Waals surface area contributed by atoms with Crippen LogP contribution in [0.1, 0.15) is 22.7 Å². The molecule has 10 nitrogen and oxygen atoms in total. The largest absolute Gasteiger partial charge is 0.377 e. The highest BCUT2D eigenvalue weighted by Crippen LogP contribution is 2.21. The molecular weight excluding hydrogens is 512 g/mol. The molecule has 2 amide bonds. The zero-order valence-electron chi connectivity index (χ0n) is 20.5. The van der Waals surface area contributed by atoms with Crippen molar-refractivity contribution in [2.24, 2.45) is 0 Å². The van der Waals surface area contributed by atoms with Gasteiger partial charge in [-0.2, -0.15) is 0 Å². The Hall–Kier alpha value is -4.03. The van der Waals surface area contributed by atoms with Crippen LogP contribution in [0.25, 0.3) is 16.6 Å². The summed E-state index contributed by atoms with van der Waals surface area (Å²) in [6.07, 6.45) is 1.23. The van der Waals surface area contributed by atoms with Gasteiger partial charge in [0.05, 0.1) is 22.4 Å². The summed E-state index contributed by atoms with van der Waals surface area (Å²) >= 11 is 1.07. The number of benzene rings is 2. The van der Waals surface area contributed by atoms with E-state index in [0.29, 0.717) is 46.8 Å². The number of nitrogens with zero attached hydrogens (tertiary/aromatic N) is 2. The molecule has 2 heterocycles. The molecule has 0 spiro atoms. The number of hydrogen-bond donors (Lipinski definition) is 4. The number of aryl methyl sites for hydroxylation is 3. The molecule has 2 aromatic heterocycles. The van der Waals surface area contributed by atoms with Crippen LogP contribution in [0.3, 0.4) is 0 Å². The molecule has 0 saturated carbocycles. The number of sulfonamides is 1. The van der Waals surface area contributed by atoms with E-state index in [2.05, 4.69) is 15.6 Å². The van der Waals surface area contributed by atoms with Crippen LogP contribution in [0, 0.1) is 19.3 Å². The van der Waals surface area contributed by atoms with Crippen LogP contribution in [0.2, 0.25) is 0 Å². The Labute approximate surface area is 217 Å². The maximum Gasteiger partial charge on any atom is 0.333 e. The molecule has 0 aliphatic rings. The smallest absolute Gasteiger partial charge is 0.333 e. The van der Waals surface area contributed by atoms with Crippen molar-refractivity contribution in [1.29, 1.82) is 5.41 Å². The number of rotatable bonds is 7. The van der Waals surface area contributed by atoms with E-state index in [1.54, 1.807) is 57.3 Å². The summed E-state index contributed by atoms with van der Waals surface area (Å²) in [5, 5.41) is 13.5. The van der Waals surface area contributed by atoms with Gasteiger partial charge in [0.25, 0.3) is 15.6 Å². The van der Waals surface area contributed by atoms with Crippen molar-refractivity contribution < 1.29 is 13.2 Å². The van der Waals surface area contributed by atoms with E-state index in [0.717, 1.165) is 21.8 Å². The number of thiophene rings is 1. The molecule has 0 radical (unpaired) electrons. The second-order valence-corrected chi connectivity index (χ2v) is 11.5. The third-order valence-electron chi connectivity index (χ3n) is 5.66. The first-order chi connectivity index (χ1) is 17.6. The Morgan fingerprint density at radius 3 is 2.46 bits per heavy atom. The lowest BCUT2D eigenvalue weighted by molar-refractivity contribution is 0.256. The zero-order valence-corrected chi connectivity index (χ0v) is 22.1. The predicted octanol–water partition coefficient (Wildman–Crippen LogP) is 3.70. The van der Waals surface area contributed by atoms with E-state index in [4.69, 9.17) is 5.41 Å². The number of amides is 2. The number of aromatic nitrogens is 2. The van der Waals surface area contributed by atoms with Crippen molar-refractivity contribution in [3.8, 4) is 5.69 Å². The molecule has 4 aromatic rings. The van der Waals surface area contributed by atoms with E-state index in [1.165, 1.54) is 10.6 Å². The predicted molar refractivity (Wildman–Crippen MR) is 146 cm³/mol. The van der Waals surface area contributed by atoms with E-state index in [9.17, 15) is 18.0 Å². The number of carbonyl (C=O) groups excluding carboxylic acids is 1. The Morgan fingerprint density at radius 2 is 1.81 bits per heavy atom. The lowest BCUT2D eigenvalue weighted by Gasteiger charge is -2.13. The molecule has 0 fully saturated rings. The average Bonchev–Trinajstić information content (AvgIpc) is 3.30. The van der Waals surface area contributed by atoms with Crippen molar-refractivity contribution in [3.63, 3.8) is 0 Å². The van der Waals surface area contributed by atoms with Crippen LogP contribution in [-0.2, 0) is 16.4 Å². The van der Waals surface area contributed by atoms with Crippen LogP contribution >= 0.6 is 11.3 Å². The number of nitrogens with one attached hydrogen (secondary N) is 4. The van der Waals surface area contributed by atoms with Gasteiger partial charge in [-0.25, -0.2) is 22.9 Å². The maximum atomic E-state index is 13.3. The fourth-order valence-corrected chi connectivity index (χ4v) is 5.97. The molecule has 4 rings (SSSR count). The highest BCUT2D eigenvalue weighted by Gasteiger charge is 2.19. The van der Waals surface area contributed by atoms with Crippen molar-refractivity contribution >= 4 is 49.8 Å². The maximum absolute atomic E-state index is 13.3. The monoisotopic (exact) mass is 538 g/mol. The molecule has 37 heavy (non-hydrogen) atoms. The highest BCUT2D eigenvalue weighted by molar-refractivity contribution is 7.92. The summed E-state index contributed by atoms with van der Waals surface area (Å²) in [6.45, 7) is 3.52. The molecule has 4 N–H and O–H groups in total. The number of fused-ring (bicyclic) bond motifs is 1. The average molecular weight is 539 g/mol. The second kappa shape index (κ2) is 10.5. The summed E-state index contributed by atoms with van der Waals surface area (Å²) in [7, 11) is -2.25. The van der Waals surface area contributed by atoms with Crippen LogP contribution in [0.15, 0.2) is 63.6 Å². The van der Waals surface area contributed by atoms with E-state index in [1.807, 2.05) is 16.9 Å². The molecule has 192 valence electrons. The molecule has 0 atom stereocenters. The first-order valence-electron chi connectivity index (χ1n) is 11.4. The van der Waals surface area contributed by atoms with E-state index < -0.39 is 16.1 Å². The topological polar surface area (TPSA) is 146 Å². The summed E-state index contributed by atoms with van der Waals surface area (Å²) in [6, 6.07) is 14.1. The van der Waals surface area contributed by atoms with Crippen LogP contribution in [0.4, 0.5) is 10.5 Å². The quantitative estimate of drug-likeness (QED) is 0.208. The van der Waals surface area contributed by atoms with Gasteiger partial charge in [0.1, 0.15) is 10.0 Å². The van der Waals surface area contributed by atoms with E-state index >= 15 is 0 Å². The molecule has 0 unspecified atom stereocenters. The minimum Gasteiger partial charge on any atom is -0.377 e. The molecule has 2 aromatic carbocycles. The Balaban J connectivity index is 1.52. The Bertz CT molecular complexity index is 1660. The fourth-order valence-electron chi connectivity index (χ4n) is 3.78. The Kier molecular flexibility index (Phi) is 7.41. The SMILES string of the molecule is CNC(=N)CCc1ccc2c(=O)n(-c3ccc(NC(=O)NS(=O)(=O)c4ccc(C)s4)cc3)c(C)nc2c1. The van der Waals surface area contributed by atoms with Crippen molar-refractivity contribution in [2.75, 3.05) is 12.4 Å². The van der Waals surface area contributed by atoms with Gasteiger partial charge >= 0.3 is 6.03 Å². The van der Waals surface area contributed by atoms with Gasteiger partial charge in [-0.05, 0) is 74.4 Å². The zero-order chi connectivity index (χ0) is 26.7. The number of hydrogen-bond acceptors (Lipinski definition) is 7. The van der Waals surface area contributed by atoms with Gasteiger partial charge in [-0.1, -0.05) is 6.07 Å². The molecular formula is C25H26N6O4S2. The van der Waals surface area contributed by atoms with Crippen molar-refractivity contribution in [1.82, 2.24) is 19.6 Å². The van der Waals surface area contributed by atoms with Crippen LogP contribution in [-0.4, -0.2) is 36.9 Å². The summed E-state index contributed by atoms with van der Waals surface area (Å²) in [5.74, 6) is 0.933. The van der Waals surface area contributed by atoms with Crippen molar-refractivity contribution in [3.05, 3.63) is 81.2 Å². The molecule has 0 aliphatic heterocycles. The van der Waals surface area contributed by atoms with Gasteiger partial charge in [-0.15, -0.1) is 11.3 Å². The first kappa shape index (κ1) is 26.0. The standard InChI is InChI=1S/C25H26N6O4S2/c1-15-4-13-23(36-15)37(34,35)30-25(33)29-18-7-9-19(10-8-18)31-16(2)28-21-14-17(6-12-22(26)27-3)5-11-20(21)24(31)32/h4-5,7-11,13-14H,6,12H2,1-3H3,(H2,26,27)(H2,29,30,33). The van der Waals surface area contributed by atoms with Gasteiger partial charge in [0.2, 0.25) is 0 Å². The lowest BCUT2D eigenvalue weighted by atomic mass is 10.1. The lowest BCUT2D eigenvalue weighted by Crippen LogP contribution is -2.33. The summed E-state index contributed by atoms with van der Waals surface area (Å²) in [5.41, 5.74) is 2.25. The minimum absolute atomic E-state index is 0.0544. The van der Waals surface area contributed by atoms with Crippen LogP contribution in [0.5, 0.6) is 0 Å². The summed E-state index contributed by atoms with van der Waals surface area (Å²) < 4.78 is 28.2. The number of carbonyl (C=O) groups is 1. The van der Waals surface area contributed by atoms with Crippen molar-refractivity contribution in [2.45, 2.75) is 30.9 Å². The van der Waals surface area contributed by atoms with Crippen LogP contribution < -0.4 is 20.9 Å². The number of anilines is 1. The fraction of sp³-hybridized carbons (Fsp3) is 0.200. The molecule has 0 bridgehead atoms. The Morgan fingerprint density at radius 1 is 1.08 bits per heavy atom. The third kappa shape index (κ3) is 5.87. The normalized spacial score (nSPS) is 11.3. The second-order valence-electron chi connectivity index (χ2n) is 8.35. The third-order valence-corrected chi connectivity index (χ3v) is 8.48. The van der Waals surface area contributed by atoms with Gasteiger partial charge < -0.3 is 10.6 Å². The van der Waals surface area contributed by atoms with Gasteiger partial charge in [0.15, 0.2) is 0 Å². The summed E-state index contributed by atoms with van der Waals surface area (Å²) in [4.78, 5) is 31.0. The van der Waals surface area contributed by atoms with Gasteiger partial charge in [-0.3, -0.25) is 14.8 Å². The number of urea groups is 1. The highest BCUT2D eigenvalue weighted by atomic mass is 32.2.